The van der Waals surface area contributed by atoms with Crippen molar-refractivity contribution in [1.82, 2.24) is 0 Å². The van der Waals surface area contributed by atoms with Gasteiger partial charge in [-0.15, -0.1) is 0 Å². The van der Waals surface area contributed by atoms with E-state index in [-0.39, 0.29) is 5.91 Å². The SMILES string of the molecule is CCOc1cccc(C(=O)Nc2ccc(C)c(N)c2)c1. The Morgan fingerprint density at radius 1 is 1.25 bits per heavy atom. The zero-order valence-electron chi connectivity index (χ0n) is 11.6. The number of nitrogen functional groups attached to an aromatic ring is 1. The van der Waals surface area contributed by atoms with Crippen LogP contribution in [0.3, 0.4) is 0 Å². The number of nitrogens with two attached hydrogens (primary N) is 1. The average Bonchev–Trinajstić information content (AvgIpc) is 2.43. The van der Waals surface area contributed by atoms with Crippen LogP contribution in [-0.4, -0.2) is 12.5 Å². The Morgan fingerprint density at radius 3 is 2.75 bits per heavy atom. The van der Waals surface area contributed by atoms with Crippen molar-refractivity contribution < 1.29 is 9.53 Å². The Bertz CT molecular complexity index is 624. The second kappa shape index (κ2) is 6.10. The largest absolute Gasteiger partial charge is 0.494 e. The molecule has 4 heteroatoms. The highest BCUT2D eigenvalue weighted by atomic mass is 16.5. The van der Waals surface area contributed by atoms with Crippen LogP contribution < -0.4 is 15.8 Å². The van der Waals surface area contributed by atoms with Gasteiger partial charge >= 0.3 is 0 Å². The molecule has 2 aromatic rings. The van der Waals surface area contributed by atoms with Crippen molar-refractivity contribution in [2.75, 3.05) is 17.7 Å². The minimum Gasteiger partial charge on any atom is -0.494 e. The maximum atomic E-state index is 12.2. The van der Waals surface area contributed by atoms with Crippen LogP contribution in [-0.2, 0) is 0 Å². The van der Waals surface area contributed by atoms with Gasteiger partial charge in [-0.3, -0.25) is 4.79 Å². The van der Waals surface area contributed by atoms with Crippen LogP contribution in [0, 0.1) is 6.92 Å². The normalized spacial score (nSPS) is 10.1. The maximum Gasteiger partial charge on any atom is 0.255 e. The molecule has 1 amide bonds. The van der Waals surface area contributed by atoms with E-state index in [2.05, 4.69) is 5.32 Å². The molecule has 2 aromatic carbocycles. The maximum absolute atomic E-state index is 12.2. The summed E-state index contributed by atoms with van der Waals surface area (Å²) in [6.07, 6.45) is 0. The quantitative estimate of drug-likeness (QED) is 0.838. The van der Waals surface area contributed by atoms with Gasteiger partial charge in [0.15, 0.2) is 0 Å². The highest BCUT2D eigenvalue weighted by molar-refractivity contribution is 6.04. The second-order valence-corrected chi connectivity index (χ2v) is 4.49. The van der Waals surface area contributed by atoms with E-state index in [0.29, 0.717) is 29.3 Å². The van der Waals surface area contributed by atoms with Crippen LogP contribution in [0.2, 0.25) is 0 Å². The number of ether oxygens (including phenoxy) is 1. The standard InChI is InChI=1S/C16H18N2O2/c1-3-20-14-6-4-5-12(9-14)16(19)18-13-8-7-11(2)15(17)10-13/h4-10H,3,17H2,1-2H3,(H,18,19). The molecule has 0 radical (unpaired) electrons. The minimum absolute atomic E-state index is 0.185. The number of anilines is 2. The molecule has 2 rings (SSSR count). The molecule has 0 saturated heterocycles. The Balaban J connectivity index is 2.15. The number of carbonyl (C=O) groups is 1. The van der Waals surface area contributed by atoms with Crippen molar-refractivity contribution in [2.45, 2.75) is 13.8 Å². The molecule has 0 atom stereocenters. The van der Waals surface area contributed by atoms with Gasteiger partial charge in [0, 0.05) is 16.9 Å². The Hall–Kier alpha value is -2.49. The summed E-state index contributed by atoms with van der Waals surface area (Å²) in [5.41, 5.74) is 8.70. The van der Waals surface area contributed by atoms with E-state index < -0.39 is 0 Å². The molecule has 104 valence electrons. The van der Waals surface area contributed by atoms with E-state index in [1.165, 1.54) is 0 Å². The van der Waals surface area contributed by atoms with Crippen molar-refractivity contribution in [3.05, 3.63) is 53.6 Å². The van der Waals surface area contributed by atoms with Gasteiger partial charge < -0.3 is 15.8 Å². The minimum atomic E-state index is -0.185. The monoisotopic (exact) mass is 270 g/mol. The van der Waals surface area contributed by atoms with E-state index in [9.17, 15) is 4.79 Å². The van der Waals surface area contributed by atoms with Gasteiger partial charge in [-0.25, -0.2) is 0 Å². The molecule has 0 spiro atoms. The zero-order chi connectivity index (χ0) is 14.5. The lowest BCUT2D eigenvalue weighted by Crippen LogP contribution is -2.12. The van der Waals surface area contributed by atoms with E-state index >= 15 is 0 Å². The summed E-state index contributed by atoms with van der Waals surface area (Å²) < 4.78 is 5.38. The molecular formula is C16H18N2O2. The first-order valence-corrected chi connectivity index (χ1v) is 6.50. The molecule has 0 unspecified atom stereocenters. The molecule has 0 aliphatic rings. The average molecular weight is 270 g/mol. The summed E-state index contributed by atoms with van der Waals surface area (Å²) in [6.45, 7) is 4.40. The highest BCUT2D eigenvalue weighted by Gasteiger charge is 2.07. The smallest absolute Gasteiger partial charge is 0.255 e. The first-order chi connectivity index (χ1) is 9.60. The number of nitrogens with one attached hydrogen (secondary N) is 1. The molecule has 0 fully saturated rings. The van der Waals surface area contributed by atoms with Crippen molar-refractivity contribution in [3.63, 3.8) is 0 Å². The molecule has 20 heavy (non-hydrogen) atoms. The van der Waals surface area contributed by atoms with Crippen LogP contribution in [0.1, 0.15) is 22.8 Å². The summed E-state index contributed by atoms with van der Waals surface area (Å²) in [5, 5.41) is 2.82. The van der Waals surface area contributed by atoms with Crippen molar-refractivity contribution in [2.24, 2.45) is 0 Å². The van der Waals surface area contributed by atoms with E-state index in [4.69, 9.17) is 10.5 Å². The molecule has 0 heterocycles. The van der Waals surface area contributed by atoms with Crippen LogP contribution in [0.5, 0.6) is 5.75 Å². The number of benzene rings is 2. The third kappa shape index (κ3) is 3.29. The Kier molecular flexibility index (Phi) is 4.25. The van der Waals surface area contributed by atoms with Crippen molar-refractivity contribution in [1.29, 1.82) is 0 Å². The van der Waals surface area contributed by atoms with Crippen LogP contribution in [0.15, 0.2) is 42.5 Å². The van der Waals surface area contributed by atoms with Gasteiger partial charge in [-0.1, -0.05) is 12.1 Å². The topological polar surface area (TPSA) is 64.3 Å². The lowest BCUT2D eigenvalue weighted by atomic mass is 10.1. The highest BCUT2D eigenvalue weighted by Crippen LogP contribution is 2.19. The molecule has 3 N–H and O–H groups in total. The van der Waals surface area contributed by atoms with Crippen LogP contribution in [0.25, 0.3) is 0 Å². The Morgan fingerprint density at radius 2 is 2.05 bits per heavy atom. The lowest BCUT2D eigenvalue weighted by Gasteiger charge is -2.09. The molecule has 0 bridgehead atoms. The third-order valence-electron chi connectivity index (χ3n) is 2.94. The molecular weight excluding hydrogens is 252 g/mol. The van der Waals surface area contributed by atoms with E-state index in [1.54, 1.807) is 24.3 Å². The predicted octanol–water partition coefficient (Wildman–Crippen LogP) is 3.23. The molecule has 0 aliphatic heterocycles. The van der Waals surface area contributed by atoms with Crippen molar-refractivity contribution in [3.8, 4) is 5.75 Å². The molecule has 4 nitrogen and oxygen atoms in total. The van der Waals surface area contributed by atoms with Gasteiger partial charge in [0.05, 0.1) is 6.61 Å². The molecule has 0 saturated carbocycles. The molecule has 0 aliphatic carbocycles. The summed E-state index contributed by atoms with van der Waals surface area (Å²) in [5.74, 6) is 0.498. The summed E-state index contributed by atoms with van der Waals surface area (Å²) in [4.78, 5) is 12.2. The Labute approximate surface area is 118 Å². The second-order valence-electron chi connectivity index (χ2n) is 4.49. The van der Waals surface area contributed by atoms with Crippen LogP contribution in [0.4, 0.5) is 11.4 Å². The van der Waals surface area contributed by atoms with Gasteiger partial charge in [0.1, 0.15) is 5.75 Å². The fourth-order valence-electron chi connectivity index (χ4n) is 1.82. The van der Waals surface area contributed by atoms with Gasteiger partial charge in [-0.2, -0.15) is 0 Å². The first kappa shape index (κ1) is 13.9. The zero-order valence-corrected chi connectivity index (χ0v) is 11.6. The van der Waals surface area contributed by atoms with Gasteiger partial charge in [0.25, 0.3) is 5.91 Å². The van der Waals surface area contributed by atoms with E-state index in [1.807, 2.05) is 32.0 Å². The number of carbonyl (C=O) groups excluding carboxylic acids is 1. The number of aryl methyl sites for hydroxylation is 1. The summed E-state index contributed by atoms with van der Waals surface area (Å²) >= 11 is 0. The lowest BCUT2D eigenvalue weighted by molar-refractivity contribution is 0.102. The number of hydrogen-bond acceptors (Lipinski definition) is 3. The number of hydrogen-bond donors (Lipinski definition) is 2. The summed E-state index contributed by atoms with van der Waals surface area (Å²) in [7, 11) is 0. The van der Waals surface area contributed by atoms with E-state index in [0.717, 1.165) is 5.56 Å². The predicted molar refractivity (Wildman–Crippen MR) is 81.2 cm³/mol. The fourth-order valence-corrected chi connectivity index (χ4v) is 1.82. The third-order valence-corrected chi connectivity index (χ3v) is 2.94. The van der Waals surface area contributed by atoms with Crippen molar-refractivity contribution >= 4 is 17.3 Å². The number of amides is 1. The van der Waals surface area contributed by atoms with Gasteiger partial charge in [0.2, 0.25) is 0 Å². The summed E-state index contributed by atoms with van der Waals surface area (Å²) in [6, 6.07) is 12.5. The molecule has 0 aromatic heterocycles. The van der Waals surface area contributed by atoms with Gasteiger partial charge in [-0.05, 0) is 49.7 Å². The first-order valence-electron chi connectivity index (χ1n) is 6.50. The fraction of sp³-hybridized carbons (Fsp3) is 0.188. The number of rotatable bonds is 4. The van der Waals surface area contributed by atoms with Crippen LogP contribution >= 0.6 is 0 Å².